The van der Waals surface area contributed by atoms with Crippen LogP contribution < -0.4 is 5.32 Å². The molecule has 0 saturated carbocycles. The van der Waals surface area contributed by atoms with Crippen molar-refractivity contribution in [3.8, 4) is 0 Å². The van der Waals surface area contributed by atoms with Gasteiger partial charge in [0, 0.05) is 0 Å². The van der Waals surface area contributed by atoms with Crippen molar-refractivity contribution < 1.29 is 0 Å². The number of fused-ring (bicyclic) bond motifs is 3. The van der Waals surface area contributed by atoms with Gasteiger partial charge < -0.3 is 9.88 Å². The Morgan fingerprint density at radius 1 is 0.885 bits per heavy atom. The van der Waals surface area contributed by atoms with Crippen molar-refractivity contribution in [3.63, 3.8) is 0 Å². The highest BCUT2D eigenvalue weighted by Crippen LogP contribution is 2.41. The van der Waals surface area contributed by atoms with E-state index in [1.165, 1.54) is 22.2 Å². The van der Waals surface area contributed by atoms with Gasteiger partial charge in [0.15, 0.2) is 0 Å². The van der Waals surface area contributed by atoms with Gasteiger partial charge in [0.2, 0.25) is 5.95 Å². The number of nitrogens with zero attached hydrogens (tertiary/aromatic N) is 2. The van der Waals surface area contributed by atoms with Crippen LogP contribution in [0.3, 0.4) is 0 Å². The lowest BCUT2D eigenvalue weighted by Gasteiger charge is -2.33. The molecule has 4 aromatic rings. The van der Waals surface area contributed by atoms with E-state index < -0.39 is 0 Å². The minimum absolute atomic E-state index is 0.256. The van der Waals surface area contributed by atoms with E-state index in [0.717, 1.165) is 17.9 Å². The number of aromatic nitrogens is 2. The van der Waals surface area contributed by atoms with Gasteiger partial charge in [-0.05, 0) is 36.6 Å². The second-order valence-electron chi connectivity index (χ2n) is 7.07. The third-order valence-electron chi connectivity index (χ3n) is 5.30. The molecule has 128 valence electrons. The number of benzene rings is 3. The number of anilines is 1. The van der Waals surface area contributed by atoms with E-state index in [2.05, 4.69) is 95.7 Å². The van der Waals surface area contributed by atoms with Gasteiger partial charge in [-0.3, -0.25) is 0 Å². The summed E-state index contributed by atoms with van der Waals surface area (Å²) in [5.74, 6) is 0.956. The monoisotopic (exact) mass is 339 g/mol. The Kier molecular flexibility index (Phi) is 3.52. The lowest BCUT2D eigenvalue weighted by molar-refractivity contribution is 0.477. The second kappa shape index (κ2) is 6.03. The molecule has 3 heteroatoms. The fourth-order valence-corrected chi connectivity index (χ4v) is 4.07. The third kappa shape index (κ3) is 2.48. The predicted molar refractivity (Wildman–Crippen MR) is 106 cm³/mol. The molecule has 0 spiro atoms. The van der Waals surface area contributed by atoms with Crippen molar-refractivity contribution in [2.75, 3.05) is 5.32 Å². The lowest BCUT2D eigenvalue weighted by Crippen LogP contribution is -2.27. The van der Waals surface area contributed by atoms with Crippen molar-refractivity contribution in [3.05, 3.63) is 95.6 Å². The number of hydrogen-bond donors (Lipinski definition) is 1. The van der Waals surface area contributed by atoms with Crippen LogP contribution in [-0.2, 0) is 0 Å². The average Bonchev–Trinajstić information content (AvgIpc) is 3.06. The van der Waals surface area contributed by atoms with Crippen LogP contribution in [0, 0.1) is 6.92 Å². The Balaban J connectivity index is 1.69. The molecule has 0 aliphatic carbocycles. The number of rotatable bonds is 2. The highest BCUT2D eigenvalue weighted by molar-refractivity contribution is 5.79. The van der Waals surface area contributed by atoms with E-state index in [1.54, 1.807) is 0 Å². The van der Waals surface area contributed by atoms with Gasteiger partial charge in [-0.25, -0.2) is 4.98 Å². The molecule has 2 heterocycles. The normalized spacial score (nSPS) is 19.1. The van der Waals surface area contributed by atoms with E-state index in [1.807, 2.05) is 0 Å². The van der Waals surface area contributed by atoms with Crippen LogP contribution >= 0.6 is 0 Å². The predicted octanol–water partition coefficient (Wildman–Crippen LogP) is 5.49. The highest BCUT2D eigenvalue weighted by atomic mass is 15.3. The van der Waals surface area contributed by atoms with Gasteiger partial charge in [-0.1, -0.05) is 72.3 Å². The summed E-state index contributed by atoms with van der Waals surface area (Å²) in [6.07, 6.45) is 1.00. The minimum atomic E-state index is 0.256. The number of nitrogens with one attached hydrogen (secondary N) is 1. The van der Waals surface area contributed by atoms with Crippen LogP contribution in [-0.4, -0.2) is 9.55 Å². The first-order valence-corrected chi connectivity index (χ1v) is 9.14. The van der Waals surface area contributed by atoms with Crippen LogP contribution in [0.25, 0.3) is 11.0 Å². The molecule has 5 rings (SSSR count). The summed E-state index contributed by atoms with van der Waals surface area (Å²) in [5, 5.41) is 3.67. The first-order valence-electron chi connectivity index (χ1n) is 9.14. The van der Waals surface area contributed by atoms with Crippen LogP contribution in [0.4, 0.5) is 5.95 Å². The molecule has 1 aliphatic rings. The molecule has 1 aliphatic heterocycles. The fraction of sp³-hybridized carbons (Fsp3) is 0.174. The van der Waals surface area contributed by atoms with Crippen molar-refractivity contribution in [2.45, 2.75) is 25.4 Å². The van der Waals surface area contributed by atoms with E-state index in [0.29, 0.717) is 0 Å². The summed E-state index contributed by atoms with van der Waals surface area (Å²) in [4.78, 5) is 4.88. The maximum absolute atomic E-state index is 4.88. The molecular formula is C23H21N3. The zero-order valence-corrected chi connectivity index (χ0v) is 14.8. The molecule has 2 atom stereocenters. The zero-order valence-electron chi connectivity index (χ0n) is 14.8. The van der Waals surface area contributed by atoms with Crippen LogP contribution in [0.2, 0.25) is 0 Å². The first kappa shape index (κ1) is 15.2. The van der Waals surface area contributed by atoms with E-state index in [-0.39, 0.29) is 12.1 Å². The van der Waals surface area contributed by atoms with E-state index in [4.69, 9.17) is 4.98 Å². The number of imidazole rings is 1. The molecule has 26 heavy (non-hydrogen) atoms. The van der Waals surface area contributed by atoms with Crippen LogP contribution in [0.5, 0.6) is 0 Å². The second-order valence-corrected chi connectivity index (χ2v) is 7.07. The summed E-state index contributed by atoms with van der Waals surface area (Å²) in [6, 6.07) is 28.5. The molecule has 1 aromatic heterocycles. The molecule has 1 N–H and O–H groups in total. The van der Waals surface area contributed by atoms with Gasteiger partial charge in [0.1, 0.15) is 0 Å². The van der Waals surface area contributed by atoms with E-state index in [9.17, 15) is 0 Å². The highest BCUT2D eigenvalue weighted by Gasteiger charge is 2.30. The molecule has 0 radical (unpaired) electrons. The maximum Gasteiger partial charge on any atom is 0.204 e. The summed E-state index contributed by atoms with van der Waals surface area (Å²) < 4.78 is 2.36. The Labute approximate surface area is 153 Å². The average molecular weight is 339 g/mol. The Morgan fingerprint density at radius 3 is 2.50 bits per heavy atom. The van der Waals surface area contributed by atoms with Crippen molar-refractivity contribution in [1.82, 2.24) is 9.55 Å². The number of aryl methyl sites for hydroxylation is 1. The van der Waals surface area contributed by atoms with Gasteiger partial charge in [-0.15, -0.1) is 0 Å². The molecule has 3 aromatic carbocycles. The number of hydrogen-bond acceptors (Lipinski definition) is 2. The summed E-state index contributed by atoms with van der Waals surface area (Å²) in [6.45, 7) is 2.16. The molecule has 0 unspecified atom stereocenters. The van der Waals surface area contributed by atoms with Gasteiger partial charge in [0.25, 0.3) is 0 Å². The first-order chi connectivity index (χ1) is 12.8. The SMILES string of the molecule is Cc1cccc([C@@H]2C[C@H](c3ccccc3)Nc3nc4ccccc4n32)c1. The molecular weight excluding hydrogens is 318 g/mol. The molecule has 0 saturated heterocycles. The van der Waals surface area contributed by atoms with Gasteiger partial charge in [-0.2, -0.15) is 0 Å². The minimum Gasteiger partial charge on any atom is -0.349 e. The zero-order chi connectivity index (χ0) is 17.5. The standard InChI is InChI=1S/C23H21N3/c1-16-8-7-11-18(14-16)22-15-20(17-9-3-2-4-10-17)25-23-24-19-12-5-6-13-21(19)26(22)23/h2-14,20,22H,15H2,1H3,(H,24,25)/t20-,22+/m1/s1. The smallest absolute Gasteiger partial charge is 0.204 e. The van der Waals surface area contributed by atoms with Crippen LogP contribution in [0.15, 0.2) is 78.9 Å². The van der Waals surface area contributed by atoms with Gasteiger partial charge >= 0.3 is 0 Å². The topological polar surface area (TPSA) is 29.9 Å². The Bertz CT molecular complexity index is 1070. The summed E-state index contributed by atoms with van der Waals surface area (Å²) in [7, 11) is 0. The fourth-order valence-electron chi connectivity index (χ4n) is 4.07. The number of para-hydroxylation sites is 2. The molecule has 3 nitrogen and oxygen atoms in total. The maximum atomic E-state index is 4.88. The van der Waals surface area contributed by atoms with Crippen molar-refractivity contribution >= 4 is 17.0 Å². The lowest BCUT2D eigenvalue weighted by atomic mass is 9.92. The molecule has 0 bridgehead atoms. The quantitative estimate of drug-likeness (QED) is 0.523. The van der Waals surface area contributed by atoms with Crippen molar-refractivity contribution in [2.24, 2.45) is 0 Å². The van der Waals surface area contributed by atoms with Crippen molar-refractivity contribution in [1.29, 1.82) is 0 Å². The van der Waals surface area contributed by atoms with E-state index >= 15 is 0 Å². The Morgan fingerprint density at radius 2 is 1.65 bits per heavy atom. The largest absolute Gasteiger partial charge is 0.349 e. The molecule has 0 amide bonds. The summed E-state index contributed by atoms with van der Waals surface area (Å²) >= 11 is 0. The molecule has 0 fully saturated rings. The van der Waals surface area contributed by atoms with Crippen LogP contribution in [0.1, 0.15) is 35.2 Å². The Hall–Kier alpha value is -3.07. The summed E-state index contributed by atoms with van der Waals surface area (Å²) in [5.41, 5.74) is 6.18. The third-order valence-corrected chi connectivity index (χ3v) is 5.30. The van der Waals surface area contributed by atoms with Gasteiger partial charge in [0.05, 0.1) is 23.1 Å².